The number of phenolic OH excluding ortho intramolecular Hbond substituents is 1. The number of fused-ring (bicyclic) bond motifs is 1. The Bertz CT molecular complexity index is 1290. The standard InChI is InChI=1S/C22H23NO6S2/c1-12-7-14(3)20(8-13(12)2)31(27,28)23-18-10-19(30-11-21(24)25)22(26)16-6-5-15(29-4)9-17(16)18/h5-10,23,26H,11H2,1-4H3,(H,24,25). The molecular weight excluding hydrogens is 438 g/mol. The van der Waals surface area contributed by atoms with Crippen LogP contribution in [0.2, 0.25) is 0 Å². The summed E-state index contributed by atoms with van der Waals surface area (Å²) in [5.74, 6) is -0.959. The molecule has 0 aromatic heterocycles. The zero-order valence-corrected chi connectivity index (χ0v) is 19.1. The molecule has 31 heavy (non-hydrogen) atoms. The van der Waals surface area contributed by atoms with Crippen molar-refractivity contribution in [2.24, 2.45) is 0 Å². The molecular formula is C22H23NO6S2. The average molecular weight is 462 g/mol. The molecule has 0 saturated heterocycles. The molecule has 0 spiro atoms. The van der Waals surface area contributed by atoms with E-state index >= 15 is 0 Å². The van der Waals surface area contributed by atoms with Crippen molar-refractivity contribution < 1.29 is 28.2 Å². The summed E-state index contributed by atoms with van der Waals surface area (Å²) in [5, 5.41) is 20.5. The van der Waals surface area contributed by atoms with Crippen LogP contribution in [0.25, 0.3) is 10.8 Å². The lowest BCUT2D eigenvalue weighted by molar-refractivity contribution is -0.133. The highest BCUT2D eigenvalue weighted by Gasteiger charge is 2.21. The van der Waals surface area contributed by atoms with Crippen LogP contribution in [0.5, 0.6) is 11.5 Å². The Balaban J connectivity index is 2.18. The van der Waals surface area contributed by atoms with Crippen LogP contribution in [0.4, 0.5) is 5.69 Å². The second kappa shape index (κ2) is 8.68. The number of anilines is 1. The van der Waals surface area contributed by atoms with Crippen LogP contribution in [0.3, 0.4) is 0 Å². The number of carboxylic acid groups (broad SMARTS) is 1. The average Bonchev–Trinajstić information content (AvgIpc) is 2.71. The smallest absolute Gasteiger partial charge is 0.313 e. The zero-order valence-electron chi connectivity index (χ0n) is 17.5. The molecule has 9 heteroatoms. The van der Waals surface area contributed by atoms with Gasteiger partial charge in [0.15, 0.2) is 0 Å². The number of hydrogen-bond acceptors (Lipinski definition) is 6. The Morgan fingerprint density at radius 3 is 2.35 bits per heavy atom. The molecule has 0 saturated carbocycles. The van der Waals surface area contributed by atoms with Crippen LogP contribution >= 0.6 is 11.8 Å². The van der Waals surface area contributed by atoms with Crippen molar-refractivity contribution in [1.82, 2.24) is 0 Å². The van der Waals surface area contributed by atoms with Gasteiger partial charge in [-0.15, -0.1) is 11.8 Å². The molecule has 0 amide bonds. The number of ether oxygens (including phenoxy) is 1. The molecule has 0 bridgehead atoms. The van der Waals surface area contributed by atoms with Crippen molar-refractivity contribution >= 4 is 44.2 Å². The molecule has 0 aliphatic carbocycles. The van der Waals surface area contributed by atoms with E-state index in [0.29, 0.717) is 22.1 Å². The molecule has 3 rings (SSSR count). The molecule has 3 aromatic carbocycles. The minimum Gasteiger partial charge on any atom is -0.506 e. The Hall–Kier alpha value is -2.91. The van der Waals surface area contributed by atoms with Crippen LogP contribution in [-0.2, 0) is 14.8 Å². The van der Waals surface area contributed by atoms with Crippen molar-refractivity contribution in [3.8, 4) is 11.5 Å². The molecule has 3 aromatic rings. The highest BCUT2D eigenvalue weighted by Crippen LogP contribution is 2.42. The fourth-order valence-corrected chi connectivity index (χ4v) is 5.36. The van der Waals surface area contributed by atoms with E-state index in [-0.39, 0.29) is 27.0 Å². The number of phenols is 1. The van der Waals surface area contributed by atoms with E-state index in [9.17, 15) is 18.3 Å². The molecule has 0 unspecified atom stereocenters. The molecule has 0 radical (unpaired) electrons. The van der Waals surface area contributed by atoms with Gasteiger partial charge in [-0.1, -0.05) is 6.07 Å². The second-order valence-electron chi connectivity index (χ2n) is 7.17. The summed E-state index contributed by atoms with van der Waals surface area (Å²) < 4.78 is 34.3. The number of nitrogens with one attached hydrogen (secondary N) is 1. The summed E-state index contributed by atoms with van der Waals surface area (Å²) in [4.78, 5) is 11.4. The molecule has 0 atom stereocenters. The monoisotopic (exact) mass is 461 g/mol. The van der Waals surface area contributed by atoms with Crippen molar-refractivity contribution in [2.45, 2.75) is 30.6 Å². The lowest BCUT2D eigenvalue weighted by Gasteiger charge is -2.17. The molecule has 0 aliphatic heterocycles. The number of rotatable bonds is 7. The molecule has 164 valence electrons. The number of methoxy groups -OCH3 is 1. The van der Waals surface area contributed by atoms with Crippen LogP contribution in [0.15, 0.2) is 46.2 Å². The number of aryl methyl sites for hydroxylation is 3. The fraction of sp³-hybridized carbons (Fsp3) is 0.227. The van der Waals surface area contributed by atoms with E-state index in [4.69, 9.17) is 9.84 Å². The van der Waals surface area contributed by atoms with Gasteiger partial charge in [-0.05, 0) is 67.8 Å². The van der Waals surface area contributed by atoms with Crippen molar-refractivity contribution in [3.05, 3.63) is 53.1 Å². The molecule has 0 fully saturated rings. The van der Waals surface area contributed by atoms with Crippen molar-refractivity contribution in [3.63, 3.8) is 0 Å². The number of sulfonamides is 1. The lowest BCUT2D eigenvalue weighted by atomic mass is 10.1. The van der Waals surface area contributed by atoms with Gasteiger partial charge in [0, 0.05) is 10.8 Å². The first-order valence-corrected chi connectivity index (χ1v) is 11.8. The summed E-state index contributed by atoms with van der Waals surface area (Å²) in [7, 11) is -2.47. The lowest BCUT2D eigenvalue weighted by Crippen LogP contribution is -2.15. The first kappa shape index (κ1) is 22.8. The van der Waals surface area contributed by atoms with Crippen LogP contribution < -0.4 is 9.46 Å². The maximum atomic E-state index is 13.2. The van der Waals surface area contributed by atoms with E-state index in [1.807, 2.05) is 19.9 Å². The SMILES string of the molecule is COc1ccc2c(O)c(SCC(=O)O)cc(NS(=O)(=O)c3cc(C)c(C)cc3C)c2c1. The van der Waals surface area contributed by atoms with Gasteiger partial charge in [0.05, 0.1) is 28.3 Å². The molecule has 7 nitrogen and oxygen atoms in total. The maximum Gasteiger partial charge on any atom is 0.313 e. The zero-order chi connectivity index (χ0) is 22.9. The molecule has 0 heterocycles. The third-order valence-electron chi connectivity index (χ3n) is 4.96. The predicted octanol–water partition coefficient (Wildman–Crippen LogP) is 4.46. The second-order valence-corrected chi connectivity index (χ2v) is 9.84. The van der Waals surface area contributed by atoms with Gasteiger partial charge in [0.25, 0.3) is 10.0 Å². The third kappa shape index (κ3) is 4.72. The van der Waals surface area contributed by atoms with Gasteiger partial charge in [0.1, 0.15) is 11.5 Å². The van der Waals surface area contributed by atoms with Crippen LogP contribution in [0, 0.1) is 20.8 Å². The minimum atomic E-state index is -3.95. The summed E-state index contributed by atoms with van der Waals surface area (Å²) >= 11 is 0.908. The number of aromatic hydroxyl groups is 1. The Labute approximate surface area is 185 Å². The number of thioether (sulfide) groups is 1. The van der Waals surface area contributed by atoms with E-state index in [1.165, 1.54) is 13.2 Å². The van der Waals surface area contributed by atoms with Gasteiger partial charge in [-0.3, -0.25) is 9.52 Å². The Kier molecular flexibility index (Phi) is 6.38. The number of benzene rings is 3. The van der Waals surface area contributed by atoms with E-state index < -0.39 is 16.0 Å². The topological polar surface area (TPSA) is 113 Å². The summed E-state index contributed by atoms with van der Waals surface area (Å²) in [6.07, 6.45) is 0. The largest absolute Gasteiger partial charge is 0.506 e. The summed E-state index contributed by atoms with van der Waals surface area (Å²) in [6, 6.07) is 9.74. The van der Waals surface area contributed by atoms with Gasteiger partial charge in [-0.25, -0.2) is 8.42 Å². The normalized spacial score (nSPS) is 11.5. The minimum absolute atomic E-state index is 0.116. The van der Waals surface area contributed by atoms with E-state index in [0.717, 1.165) is 22.9 Å². The van der Waals surface area contributed by atoms with E-state index in [1.54, 1.807) is 31.2 Å². The summed E-state index contributed by atoms with van der Waals surface area (Å²) in [5.41, 5.74) is 2.67. The first-order chi connectivity index (χ1) is 14.5. The Morgan fingerprint density at radius 1 is 1.03 bits per heavy atom. The summed E-state index contributed by atoms with van der Waals surface area (Å²) in [6.45, 7) is 5.49. The van der Waals surface area contributed by atoms with Crippen LogP contribution in [-0.4, -0.2) is 37.5 Å². The predicted molar refractivity (Wildman–Crippen MR) is 122 cm³/mol. The number of aliphatic carboxylic acids is 1. The number of carbonyl (C=O) groups is 1. The van der Waals surface area contributed by atoms with Gasteiger partial charge in [0.2, 0.25) is 0 Å². The van der Waals surface area contributed by atoms with Gasteiger partial charge in [-0.2, -0.15) is 0 Å². The van der Waals surface area contributed by atoms with Crippen molar-refractivity contribution in [1.29, 1.82) is 0 Å². The van der Waals surface area contributed by atoms with Gasteiger partial charge < -0.3 is 14.9 Å². The molecule has 0 aliphatic rings. The van der Waals surface area contributed by atoms with Crippen LogP contribution in [0.1, 0.15) is 16.7 Å². The quantitative estimate of drug-likeness (QED) is 0.352. The highest BCUT2D eigenvalue weighted by molar-refractivity contribution is 8.00. The third-order valence-corrected chi connectivity index (χ3v) is 7.48. The highest BCUT2D eigenvalue weighted by atomic mass is 32.2. The molecule has 3 N–H and O–H groups in total. The fourth-order valence-electron chi connectivity index (χ4n) is 3.25. The number of carboxylic acids is 1. The van der Waals surface area contributed by atoms with Crippen molar-refractivity contribution in [2.75, 3.05) is 17.6 Å². The number of hydrogen-bond donors (Lipinski definition) is 3. The maximum absolute atomic E-state index is 13.2. The van der Waals surface area contributed by atoms with E-state index in [2.05, 4.69) is 4.72 Å². The van der Waals surface area contributed by atoms with Gasteiger partial charge >= 0.3 is 5.97 Å². The first-order valence-electron chi connectivity index (χ1n) is 9.32. The Morgan fingerprint density at radius 2 is 1.71 bits per heavy atom.